The van der Waals surface area contributed by atoms with Crippen LogP contribution in [0, 0.1) is 19.7 Å². The fourth-order valence-electron chi connectivity index (χ4n) is 2.31. The summed E-state index contributed by atoms with van der Waals surface area (Å²) >= 11 is 0. The van der Waals surface area contributed by atoms with E-state index in [9.17, 15) is 9.18 Å². The zero-order valence-corrected chi connectivity index (χ0v) is 12.7. The number of aromatic nitrogens is 3. The van der Waals surface area contributed by atoms with Gasteiger partial charge in [-0.2, -0.15) is 0 Å². The van der Waals surface area contributed by atoms with Gasteiger partial charge < -0.3 is 9.88 Å². The highest BCUT2D eigenvalue weighted by atomic mass is 19.1. The maximum Gasteiger partial charge on any atom is 0.257 e. The highest BCUT2D eigenvalue weighted by molar-refractivity contribution is 6.05. The molecule has 1 aromatic carbocycles. The molecule has 23 heavy (non-hydrogen) atoms. The van der Waals surface area contributed by atoms with Gasteiger partial charge in [0.1, 0.15) is 11.6 Å². The Bertz CT molecular complexity index is 873. The van der Waals surface area contributed by atoms with Gasteiger partial charge in [-0.15, -0.1) is 0 Å². The van der Waals surface area contributed by atoms with Crippen LogP contribution in [0.3, 0.4) is 0 Å². The third kappa shape index (κ3) is 2.96. The number of amides is 1. The minimum atomic E-state index is -0.438. The van der Waals surface area contributed by atoms with Gasteiger partial charge in [0.05, 0.1) is 11.3 Å². The van der Waals surface area contributed by atoms with E-state index in [4.69, 9.17) is 0 Å². The van der Waals surface area contributed by atoms with Gasteiger partial charge >= 0.3 is 0 Å². The minimum Gasteiger partial charge on any atom is -0.322 e. The van der Waals surface area contributed by atoms with Gasteiger partial charge in [0.2, 0.25) is 0 Å². The minimum absolute atomic E-state index is 0.318. The van der Waals surface area contributed by atoms with Crippen LogP contribution in [0.25, 0.3) is 5.69 Å². The molecule has 0 unspecified atom stereocenters. The zero-order valence-electron chi connectivity index (χ0n) is 12.7. The molecule has 0 saturated heterocycles. The predicted molar refractivity (Wildman–Crippen MR) is 85.2 cm³/mol. The second-order valence-corrected chi connectivity index (χ2v) is 5.16. The SMILES string of the molecule is Cc1ccncc1C(=O)Nc1ccc(-n2ccnc2C)c(F)c1. The lowest BCUT2D eigenvalue weighted by molar-refractivity contribution is 0.102. The summed E-state index contributed by atoms with van der Waals surface area (Å²) in [6, 6.07) is 6.30. The Morgan fingerprint density at radius 1 is 1.22 bits per heavy atom. The Morgan fingerprint density at radius 3 is 2.70 bits per heavy atom. The van der Waals surface area contributed by atoms with E-state index in [0.29, 0.717) is 22.8 Å². The standard InChI is InChI=1S/C17H15FN4O/c1-11-5-6-19-10-14(11)17(23)21-13-3-4-16(15(18)9-13)22-8-7-20-12(22)2/h3-10H,1-2H3,(H,21,23). The number of aryl methyl sites for hydroxylation is 2. The molecule has 0 aliphatic carbocycles. The molecule has 2 aromatic heterocycles. The van der Waals surface area contributed by atoms with Crippen molar-refractivity contribution >= 4 is 11.6 Å². The number of benzene rings is 1. The van der Waals surface area contributed by atoms with Crippen molar-refractivity contribution in [3.05, 3.63) is 71.8 Å². The third-order valence-electron chi connectivity index (χ3n) is 3.57. The third-order valence-corrected chi connectivity index (χ3v) is 3.57. The molecule has 1 N–H and O–H groups in total. The van der Waals surface area contributed by atoms with Crippen molar-refractivity contribution in [2.45, 2.75) is 13.8 Å². The largest absolute Gasteiger partial charge is 0.322 e. The van der Waals surface area contributed by atoms with E-state index >= 15 is 0 Å². The van der Waals surface area contributed by atoms with E-state index < -0.39 is 5.82 Å². The summed E-state index contributed by atoms with van der Waals surface area (Å²) in [5.41, 5.74) is 2.04. The molecular weight excluding hydrogens is 295 g/mol. The number of anilines is 1. The van der Waals surface area contributed by atoms with Gasteiger partial charge in [0, 0.05) is 30.5 Å². The first kappa shape index (κ1) is 14.9. The number of hydrogen-bond acceptors (Lipinski definition) is 3. The molecule has 3 rings (SSSR count). The predicted octanol–water partition coefficient (Wildman–Crippen LogP) is 3.28. The van der Waals surface area contributed by atoms with Crippen LogP contribution in [-0.4, -0.2) is 20.4 Å². The molecule has 2 heterocycles. The van der Waals surface area contributed by atoms with Crippen LogP contribution in [0.2, 0.25) is 0 Å². The molecule has 0 bridgehead atoms. The molecular formula is C17H15FN4O. The van der Waals surface area contributed by atoms with E-state index in [0.717, 1.165) is 5.56 Å². The van der Waals surface area contributed by atoms with Crippen LogP contribution in [0.5, 0.6) is 0 Å². The average molecular weight is 310 g/mol. The van der Waals surface area contributed by atoms with Gasteiger partial charge in [0.25, 0.3) is 5.91 Å². The Hall–Kier alpha value is -3.02. The number of hydrogen-bond donors (Lipinski definition) is 1. The van der Waals surface area contributed by atoms with E-state index in [2.05, 4.69) is 15.3 Å². The smallest absolute Gasteiger partial charge is 0.257 e. The molecule has 0 spiro atoms. The Morgan fingerprint density at radius 2 is 2.04 bits per heavy atom. The summed E-state index contributed by atoms with van der Waals surface area (Å²) in [6.45, 7) is 3.61. The molecule has 0 fully saturated rings. The summed E-state index contributed by atoms with van der Waals surface area (Å²) in [6.07, 6.45) is 6.40. The number of nitrogens with zero attached hydrogens (tertiary/aromatic N) is 3. The topological polar surface area (TPSA) is 59.8 Å². The molecule has 6 heteroatoms. The Balaban J connectivity index is 1.85. The number of nitrogens with one attached hydrogen (secondary N) is 1. The number of pyridine rings is 1. The molecule has 3 aromatic rings. The van der Waals surface area contributed by atoms with Crippen LogP contribution >= 0.6 is 0 Å². The lowest BCUT2D eigenvalue weighted by Crippen LogP contribution is -2.14. The average Bonchev–Trinajstić information content (AvgIpc) is 2.94. The van der Waals surface area contributed by atoms with Gasteiger partial charge in [0.15, 0.2) is 0 Å². The zero-order chi connectivity index (χ0) is 16.4. The van der Waals surface area contributed by atoms with Crippen LogP contribution in [-0.2, 0) is 0 Å². The van der Waals surface area contributed by atoms with Crippen molar-refractivity contribution in [3.8, 4) is 5.69 Å². The van der Waals surface area contributed by atoms with E-state index in [1.54, 1.807) is 48.3 Å². The van der Waals surface area contributed by atoms with Crippen molar-refractivity contribution in [1.82, 2.24) is 14.5 Å². The summed E-state index contributed by atoms with van der Waals surface area (Å²) in [5.74, 6) is -0.0694. The Labute approximate surface area is 132 Å². The molecule has 5 nitrogen and oxygen atoms in total. The van der Waals surface area contributed by atoms with Crippen LogP contribution in [0.15, 0.2) is 49.1 Å². The number of carbonyl (C=O) groups excluding carboxylic acids is 1. The molecule has 1 amide bonds. The molecule has 0 aliphatic rings. The molecule has 0 saturated carbocycles. The van der Waals surface area contributed by atoms with Gasteiger partial charge in [-0.1, -0.05) is 0 Å². The molecule has 0 aliphatic heterocycles. The maximum absolute atomic E-state index is 14.3. The second-order valence-electron chi connectivity index (χ2n) is 5.16. The first-order valence-electron chi connectivity index (χ1n) is 7.08. The van der Waals surface area contributed by atoms with Crippen LogP contribution in [0.1, 0.15) is 21.7 Å². The van der Waals surface area contributed by atoms with Crippen molar-refractivity contribution < 1.29 is 9.18 Å². The number of carbonyl (C=O) groups is 1. The fraction of sp³-hybridized carbons (Fsp3) is 0.118. The van der Waals surface area contributed by atoms with E-state index in [-0.39, 0.29) is 5.91 Å². The van der Waals surface area contributed by atoms with E-state index in [1.165, 1.54) is 12.3 Å². The first-order valence-corrected chi connectivity index (χ1v) is 7.08. The lowest BCUT2D eigenvalue weighted by atomic mass is 10.1. The summed E-state index contributed by atoms with van der Waals surface area (Å²) in [5, 5.41) is 2.68. The monoisotopic (exact) mass is 310 g/mol. The van der Waals surface area contributed by atoms with Gasteiger partial charge in [-0.05, 0) is 43.7 Å². The van der Waals surface area contributed by atoms with E-state index in [1.807, 2.05) is 6.92 Å². The van der Waals surface area contributed by atoms with Crippen molar-refractivity contribution in [2.75, 3.05) is 5.32 Å². The maximum atomic E-state index is 14.3. The first-order chi connectivity index (χ1) is 11.1. The molecule has 0 atom stereocenters. The number of rotatable bonds is 3. The fourth-order valence-corrected chi connectivity index (χ4v) is 2.31. The Kier molecular flexibility index (Phi) is 3.89. The quantitative estimate of drug-likeness (QED) is 0.807. The second kappa shape index (κ2) is 6.00. The van der Waals surface area contributed by atoms with Gasteiger partial charge in [-0.3, -0.25) is 9.78 Å². The van der Waals surface area contributed by atoms with Gasteiger partial charge in [-0.25, -0.2) is 9.37 Å². The van der Waals surface area contributed by atoms with Crippen molar-refractivity contribution in [3.63, 3.8) is 0 Å². The highest BCUT2D eigenvalue weighted by Crippen LogP contribution is 2.20. The highest BCUT2D eigenvalue weighted by Gasteiger charge is 2.12. The lowest BCUT2D eigenvalue weighted by Gasteiger charge is -2.10. The van der Waals surface area contributed by atoms with Crippen LogP contribution < -0.4 is 5.32 Å². The van der Waals surface area contributed by atoms with Crippen molar-refractivity contribution in [2.24, 2.45) is 0 Å². The summed E-state index contributed by atoms with van der Waals surface area (Å²) in [7, 11) is 0. The number of halogens is 1. The van der Waals surface area contributed by atoms with Crippen molar-refractivity contribution in [1.29, 1.82) is 0 Å². The number of imidazole rings is 1. The summed E-state index contributed by atoms with van der Waals surface area (Å²) < 4.78 is 16.0. The normalized spacial score (nSPS) is 10.6. The van der Waals surface area contributed by atoms with Crippen LogP contribution in [0.4, 0.5) is 10.1 Å². The molecule has 0 radical (unpaired) electrons. The summed E-state index contributed by atoms with van der Waals surface area (Å²) in [4.78, 5) is 20.2. The molecule has 116 valence electrons.